The Hall–Kier alpha value is -1.72. The van der Waals surface area contributed by atoms with Crippen LogP contribution in [0.3, 0.4) is 0 Å². The predicted octanol–water partition coefficient (Wildman–Crippen LogP) is 9.64. The van der Waals surface area contributed by atoms with Gasteiger partial charge in [0.05, 0.1) is 7.11 Å². The van der Waals surface area contributed by atoms with Gasteiger partial charge in [-0.25, -0.2) is 4.79 Å². The molecule has 0 saturated carbocycles. The van der Waals surface area contributed by atoms with Crippen molar-refractivity contribution in [3.8, 4) is 0 Å². The maximum atomic E-state index is 13.6. The van der Waals surface area contributed by atoms with E-state index in [-0.39, 0.29) is 19.3 Å². The molecule has 6 heteroatoms. The summed E-state index contributed by atoms with van der Waals surface area (Å²) in [6, 6.07) is 0. The number of ether oxygens (including phenoxy) is 2. The molecule has 0 spiro atoms. The van der Waals surface area contributed by atoms with Gasteiger partial charge in [0.2, 0.25) is 0 Å². The first-order valence-corrected chi connectivity index (χ1v) is 16.3. The molecule has 0 aliphatic rings. The molecule has 228 valence electrons. The third-order valence-corrected chi connectivity index (χ3v) is 7.60. The summed E-state index contributed by atoms with van der Waals surface area (Å²) >= 11 is 0. The number of ketones is 3. The van der Waals surface area contributed by atoms with Crippen LogP contribution in [0.4, 0.5) is 4.79 Å². The van der Waals surface area contributed by atoms with Gasteiger partial charge in [-0.05, 0) is 19.3 Å². The minimum absolute atomic E-state index is 0.0519. The Morgan fingerprint density at radius 1 is 0.436 bits per heavy atom. The van der Waals surface area contributed by atoms with Crippen LogP contribution in [0.25, 0.3) is 0 Å². The average molecular weight is 553 g/mol. The molecule has 0 bridgehead atoms. The number of Topliss-reactive ketones (excluding diaryl/α,β-unsaturated/α-hetero) is 3. The summed E-state index contributed by atoms with van der Waals surface area (Å²) in [5.74, 6) is -1.74. The molecular weight excluding hydrogens is 492 g/mol. The molecule has 0 atom stereocenters. The van der Waals surface area contributed by atoms with Crippen LogP contribution in [0, 0.1) is 0 Å². The number of unbranched alkanes of at least 4 members (excludes halogenated alkanes) is 18. The van der Waals surface area contributed by atoms with Crippen LogP contribution in [0.1, 0.15) is 175 Å². The number of carbonyl (C=O) groups is 4. The molecule has 0 aliphatic heterocycles. The van der Waals surface area contributed by atoms with Crippen molar-refractivity contribution in [3.05, 3.63) is 0 Å². The maximum absolute atomic E-state index is 13.6. The lowest BCUT2D eigenvalue weighted by Gasteiger charge is -2.29. The van der Waals surface area contributed by atoms with E-state index in [1.165, 1.54) is 57.8 Å². The first kappa shape index (κ1) is 37.3. The number of carbonyl (C=O) groups excluding carboxylic acids is 4. The number of rotatable bonds is 28. The standard InChI is InChI=1S/C33H60O6/c1-5-8-11-14-17-20-23-26-29(34)33(39-32(37)38-4,30(35)27-24-21-18-15-12-9-6-2)31(36)28-25-22-19-16-13-10-7-3/h5-28H2,1-4H3. The van der Waals surface area contributed by atoms with Gasteiger partial charge in [-0.3, -0.25) is 14.4 Å². The molecule has 0 saturated heterocycles. The van der Waals surface area contributed by atoms with Crippen molar-refractivity contribution in [1.82, 2.24) is 0 Å². The Balaban J connectivity index is 5.38. The molecule has 0 rings (SSSR count). The lowest BCUT2D eigenvalue weighted by molar-refractivity contribution is -0.162. The van der Waals surface area contributed by atoms with E-state index in [2.05, 4.69) is 25.5 Å². The molecule has 0 aromatic carbocycles. The highest BCUT2D eigenvalue weighted by Gasteiger charge is 2.54. The molecule has 0 aromatic rings. The molecule has 0 aromatic heterocycles. The third kappa shape index (κ3) is 16.9. The van der Waals surface area contributed by atoms with E-state index in [1.54, 1.807) is 0 Å². The summed E-state index contributed by atoms with van der Waals surface area (Å²) < 4.78 is 10.1. The highest BCUT2D eigenvalue weighted by molar-refractivity contribution is 6.29. The normalized spacial score (nSPS) is 11.4. The van der Waals surface area contributed by atoms with Crippen LogP contribution in [0.5, 0.6) is 0 Å². The van der Waals surface area contributed by atoms with Gasteiger partial charge < -0.3 is 9.47 Å². The number of hydrogen-bond donors (Lipinski definition) is 0. The average Bonchev–Trinajstić information content (AvgIpc) is 2.93. The number of hydrogen-bond acceptors (Lipinski definition) is 6. The highest BCUT2D eigenvalue weighted by atomic mass is 16.7. The van der Waals surface area contributed by atoms with Crippen LogP contribution in [0.15, 0.2) is 0 Å². The second-order valence-corrected chi connectivity index (χ2v) is 11.1. The minimum Gasteiger partial charge on any atom is -0.438 e. The third-order valence-electron chi connectivity index (χ3n) is 7.60. The second-order valence-electron chi connectivity index (χ2n) is 11.1. The molecule has 0 N–H and O–H groups in total. The largest absolute Gasteiger partial charge is 0.509 e. The first-order chi connectivity index (χ1) is 18.9. The van der Waals surface area contributed by atoms with E-state index in [0.29, 0.717) is 19.3 Å². The van der Waals surface area contributed by atoms with Crippen LogP contribution in [0.2, 0.25) is 0 Å². The molecule has 39 heavy (non-hydrogen) atoms. The molecule has 0 fully saturated rings. The van der Waals surface area contributed by atoms with Gasteiger partial charge >= 0.3 is 6.16 Å². The molecule has 0 heterocycles. The fourth-order valence-corrected chi connectivity index (χ4v) is 5.06. The van der Waals surface area contributed by atoms with Gasteiger partial charge in [-0.2, -0.15) is 0 Å². The van der Waals surface area contributed by atoms with Crippen molar-refractivity contribution < 1.29 is 28.7 Å². The second kappa shape index (κ2) is 25.3. The summed E-state index contributed by atoms with van der Waals surface area (Å²) in [4.78, 5) is 53.0. The number of methoxy groups -OCH3 is 1. The van der Waals surface area contributed by atoms with Crippen molar-refractivity contribution in [2.24, 2.45) is 0 Å². The van der Waals surface area contributed by atoms with Gasteiger partial charge in [-0.1, -0.05) is 136 Å². The Kier molecular flexibility index (Phi) is 24.1. The van der Waals surface area contributed by atoms with E-state index in [0.717, 1.165) is 64.9 Å². The van der Waals surface area contributed by atoms with Crippen LogP contribution < -0.4 is 0 Å². The Morgan fingerprint density at radius 3 is 0.949 bits per heavy atom. The quantitative estimate of drug-likeness (QED) is 0.0545. The Labute approximate surface area is 239 Å². The van der Waals surface area contributed by atoms with Crippen LogP contribution >= 0.6 is 0 Å². The molecule has 0 unspecified atom stereocenters. The van der Waals surface area contributed by atoms with Gasteiger partial charge in [0.25, 0.3) is 5.60 Å². The van der Waals surface area contributed by atoms with Crippen molar-refractivity contribution in [2.45, 2.75) is 180 Å². The fourth-order valence-electron chi connectivity index (χ4n) is 5.06. The van der Waals surface area contributed by atoms with Crippen molar-refractivity contribution in [3.63, 3.8) is 0 Å². The van der Waals surface area contributed by atoms with Crippen molar-refractivity contribution >= 4 is 23.5 Å². The zero-order valence-electron chi connectivity index (χ0n) is 25.9. The first-order valence-electron chi connectivity index (χ1n) is 16.3. The fraction of sp³-hybridized carbons (Fsp3) is 0.879. The Morgan fingerprint density at radius 2 is 0.692 bits per heavy atom. The lowest BCUT2D eigenvalue weighted by Crippen LogP contribution is -2.56. The molecule has 0 aliphatic carbocycles. The zero-order valence-corrected chi connectivity index (χ0v) is 25.9. The maximum Gasteiger partial charge on any atom is 0.509 e. The summed E-state index contributed by atoms with van der Waals surface area (Å²) in [7, 11) is 1.13. The smallest absolute Gasteiger partial charge is 0.438 e. The SMILES string of the molecule is CCCCCCCCCC(=O)C(OC(=O)OC)(C(=O)CCCCCCCCC)C(=O)CCCCCCCCC. The van der Waals surface area contributed by atoms with Crippen molar-refractivity contribution in [2.75, 3.05) is 7.11 Å². The van der Waals surface area contributed by atoms with E-state index in [9.17, 15) is 19.2 Å². The highest BCUT2D eigenvalue weighted by Crippen LogP contribution is 2.27. The molecule has 6 nitrogen and oxygen atoms in total. The monoisotopic (exact) mass is 552 g/mol. The summed E-state index contributed by atoms with van der Waals surface area (Å²) in [6.07, 6.45) is 20.3. The van der Waals surface area contributed by atoms with Crippen molar-refractivity contribution in [1.29, 1.82) is 0 Å². The van der Waals surface area contributed by atoms with Crippen LogP contribution in [-0.2, 0) is 23.9 Å². The zero-order chi connectivity index (χ0) is 29.2. The van der Waals surface area contributed by atoms with Crippen LogP contribution in [-0.4, -0.2) is 36.2 Å². The molecule has 0 radical (unpaired) electrons. The Bertz CT molecular complexity index is 583. The predicted molar refractivity (Wildman–Crippen MR) is 159 cm³/mol. The minimum atomic E-state index is -2.36. The van der Waals surface area contributed by atoms with E-state index in [1.807, 2.05) is 0 Å². The van der Waals surface area contributed by atoms with Gasteiger partial charge in [-0.15, -0.1) is 0 Å². The topological polar surface area (TPSA) is 86.7 Å². The van der Waals surface area contributed by atoms with E-state index < -0.39 is 29.1 Å². The molecule has 0 amide bonds. The summed E-state index contributed by atoms with van der Waals surface area (Å²) in [6.45, 7) is 6.52. The summed E-state index contributed by atoms with van der Waals surface area (Å²) in [5.41, 5.74) is -2.36. The van der Waals surface area contributed by atoms with E-state index in [4.69, 9.17) is 4.74 Å². The van der Waals surface area contributed by atoms with Gasteiger partial charge in [0.15, 0.2) is 17.3 Å². The van der Waals surface area contributed by atoms with Gasteiger partial charge in [0, 0.05) is 19.3 Å². The molecular formula is C33H60O6. The van der Waals surface area contributed by atoms with E-state index >= 15 is 0 Å². The summed E-state index contributed by atoms with van der Waals surface area (Å²) in [5, 5.41) is 0. The van der Waals surface area contributed by atoms with Gasteiger partial charge in [0.1, 0.15) is 0 Å². The lowest BCUT2D eigenvalue weighted by atomic mass is 9.81.